The molecular formula is C13H12N. The normalized spacial score (nSPS) is 10.1. The Balaban J connectivity index is 2.42. The molecule has 1 heteroatoms. The zero-order valence-electron chi connectivity index (χ0n) is 8.14. The molecule has 1 aromatic heterocycles. The van der Waals surface area contributed by atoms with Gasteiger partial charge in [-0.05, 0) is 35.2 Å². The third kappa shape index (κ3) is 1.82. The fourth-order valence-corrected chi connectivity index (χ4v) is 1.44. The van der Waals surface area contributed by atoms with Crippen LogP contribution in [-0.4, -0.2) is 4.98 Å². The van der Waals surface area contributed by atoms with Crippen LogP contribution in [0, 0.1) is 6.42 Å². The van der Waals surface area contributed by atoms with Gasteiger partial charge in [-0.15, -0.1) is 0 Å². The van der Waals surface area contributed by atoms with Gasteiger partial charge >= 0.3 is 0 Å². The number of benzene rings is 1. The van der Waals surface area contributed by atoms with Crippen LogP contribution in [0.4, 0.5) is 0 Å². The average molecular weight is 182 g/mol. The van der Waals surface area contributed by atoms with Gasteiger partial charge < -0.3 is 0 Å². The second-order valence-corrected chi connectivity index (χ2v) is 3.15. The van der Waals surface area contributed by atoms with Crippen LogP contribution in [0.5, 0.6) is 0 Å². The number of aromatic nitrogens is 1. The van der Waals surface area contributed by atoms with E-state index in [1.807, 2.05) is 31.5 Å². The molecule has 1 aromatic carbocycles. The van der Waals surface area contributed by atoms with Crippen molar-refractivity contribution in [1.29, 1.82) is 0 Å². The Kier molecular flexibility index (Phi) is 2.59. The fourth-order valence-electron chi connectivity index (χ4n) is 1.44. The molecule has 0 amide bonds. The molecule has 0 N–H and O–H groups in total. The zero-order valence-corrected chi connectivity index (χ0v) is 8.14. The van der Waals surface area contributed by atoms with Gasteiger partial charge in [0.15, 0.2) is 0 Å². The van der Waals surface area contributed by atoms with Gasteiger partial charge in [-0.25, -0.2) is 0 Å². The van der Waals surface area contributed by atoms with E-state index in [0.29, 0.717) is 0 Å². The van der Waals surface area contributed by atoms with Gasteiger partial charge in [-0.2, -0.15) is 0 Å². The summed E-state index contributed by atoms with van der Waals surface area (Å²) in [6, 6.07) is 12.5. The molecule has 0 saturated carbocycles. The Morgan fingerprint density at radius 3 is 2.50 bits per heavy atom. The zero-order chi connectivity index (χ0) is 9.80. The van der Waals surface area contributed by atoms with E-state index in [4.69, 9.17) is 0 Å². The monoisotopic (exact) mass is 182 g/mol. The molecule has 0 spiro atoms. The quantitative estimate of drug-likeness (QED) is 0.694. The molecule has 0 aliphatic carbocycles. The third-order valence-electron chi connectivity index (χ3n) is 2.23. The van der Waals surface area contributed by atoms with E-state index in [0.717, 1.165) is 0 Å². The van der Waals surface area contributed by atoms with Gasteiger partial charge in [0, 0.05) is 12.4 Å². The van der Waals surface area contributed by atoms with Crippen LogP contribution in [0.15, 0.2) is 48.8 Å². The van der Waals surface area contributed by atoms with Crippen LogP contribution in [0.2, 0.25) is 0 Å². The lowest BCUT2D eigenvalue weighted by Gasteiger charge is -2.02. The van der Waals surface area contributed by atoms with E-state index >= 15 is 0 Å². The number of rotatable bonds is 2. The summed E-state index contributed by atoms with van der Waals surface area (Å²) in [4.78, 5) is 4.01. The summed E-state index contributed by atoms with van der Waals surface area (Å²) < 4.78 is 0. The molecule has 1 radical (unpaired) electrons. The van der Waals surface area contributed by atoms with Gasteiger partial charge in [0.05, 0.1) is 0 Å². The summed E-state index contributed by atoms with van der Waals surface area (Å²) >= 11 is 0. The van der Waals surface area contributed by atoms with E-state index in [1.54, 1.807) is 0 Å². The van der Waals surface area contributed by atoms with Crippen molar-refractivity contribution in [3.8, 4) is 11.1 Å². The first-order chi connectivity index (χ1) is 6.90. The summed E-state index contributed by atoms with van der Waals surface area (Å²) in [6.07, 6.45) is 5.74. The predicted octanol–water partition coefficient (Wildman–Crippen LogP) is 3.32. The summed E-state index contributed by atoms with van der Waals surface area (Å²) in [5.74, 6) is 0. The summed E-state index contributed by atoms with van der Waals surface area (Å²) in [5, 5.41) is 0. The molecule has 1 heterocycles. The smallest absolute Gasteiger partial charge is 0.0273 e. The van der Waals surface area contributed by atoms with Gasteiger partial charge in [0.1, 0.15) is 0 Å². The molecule has 0 aliphatic rings. The van der Waals surface area contributed by atoms with Gasteiger partial charge in [-0.3, -0.25) is 4.98 Å². The highest BCUT2D eigenvalue weighted by Crippen LogP contribution is 2.19. The highest BCUT2D eigenvalue weighted by molar-refractivity contribution is 5.63. The topological polar surface area (TPSA) is 12.9 Å². The lowest BCUT2D eigenvalue weighted by Crippen LogP contribution is -1.81. The first-order valence-corrected chi connectivity index (χ1v) is 4.70. The average Bonchev–Trinajstić information content (AvgIpc) is 2.30. The lowest BCUT2D eigenvalue weighted by atomic mass is 10.0. The molecule has 2 aromatic rings. The Morgan fingerprint density at radius 2 is 1.79 bits per heavy atom. The van der Waals surface area contributed by atoms with E-state index in [1.165, 1.54) is 16.7 Å². The van der Waals surface area contributed by atoms with Crippen molar-refractivity contribution in [3.05, 3.63) is 60.8 Å². The SMILES string of the molecule is C[CH]c1cccc(-c2ccncc2)c1. The standard InChI is InChI=1S/C13H12N/c1-2-11-4-3-5-13(10-11)12-6-8-14-9-7-12/h2-10H,1H3. The highest BCUT2D eigenvalue weighted by atomic mass is 14.6. The molecule has 2 rings (SSSR count). The van der Waals surface area contributed by atoms with Crippen molar-refractivity contribution in [2.45, 2.75) is 6.92 Å². The Labute approximate surface area is 84.4 Å². The van der Waals surface area contributed by atoms with Crippen LogP contribution in [0.3, 0.4) is 0 Å². The highest BCUT2D eigenvalue weighted by Gasteiger charge is 1.96. The van der Waals surface area contributed by atoms with Crippen LogP contribution < -0.4 is 0 Å². The maximum absolute atomic E-state index is 4.01. The van der Waals surface area contributed by atoms with E-state index in [9.17, 15) is 0 Å². The van der Waals surface area contributed by atoms with E-state index < -0.39 is 0 Å². The van der Waals surface area contributed by atoms with Crippen LogP contribution in [0.25, 0.3) is 11.1 Å². The van der Waals surface area contributed by atoms with Gasteiger partial charge in [0.2, 0.25) is 0 Å². The Hall–Kier alpha value is -1.63. The van der Waals surface area contributed by atoms with E-state index in [2.05, 4.69) is 35.7 Å². The van der Waals surface area contributed by atoms with E-state index in [-0.39, 0.29) is 0 Å². The summed E-state index contributed by atoms with van der Waals surface area (Å²) in [7, 11) is 0. The fraction of sp³-hybridized carbons (Fsp3) is 0.0769. The molecule has 14 heavy (non-hydrogen) atoms. The van der Waals surface area contributed by atoms with Crippen molar-refractivity contribution in [3.63, 3.8) is 0 Å². The third-order valence-corrected chi connectivity index (χ3v) is 2.23. The predicted molar refractivity (Wildman–Crippen MR) is 58.7 cm³/mol. The number of hydrogen-bond donors (Lipinski definition) is 0. The maximum atomic E-state index is 4.01. The van der Waals surface area contributed by atoms with Crippen molar-refractivity contribution < 1.29 is 0 Å². The van der Waals surface area contributed by atoms with Gasteiger partial charge in [0.25, 0.3) is 0 Å². The van der Waals surface area contributed by atoms with Crippen molar-refractivity contribution >= 4 is 0 Å². The molecular weight excluding hydrogens is 170 g/mol. The first kappa shape index (κ1) is 8.95. The maximum Gasteiger partial charge on any atom is 0.0273 e. The Bertz CT molecular complexity index is 407. The summed E-state index contributed by atoms with van der Waals surface area (Å²) in [6.45, 7) is 2.05. The minimum absolute atomic E-state index is 1.21. The molecule has 0 atom stereocenters. The largest absolute Gasteiger partial charge is 0.265 e. The van der Waals surface area contributed by atoms with Crippen LogP contribution in [0.1, 0.15) is 12.5 Å². The Morgan fingerprint density at radius 1 is 1.00 bits per heavy atom. The molecule has 0 fully saturated rings. The van der Waals surface area contributed by atoms with Crippen molar-refractivity contribution in [2.24, 2.45) is 0 Å². The molecule has 0 saturated heterocycles. The van der Waals surface area contributed by atoms with Crippen molar-refractivity contribution in [1.82, 2.24) is 4.98 Å². The van der Waals surface area contributed by atoms with Crippen LogP contribution >= 0.6 is 0 Å². The number of nitrogens with zero attached hydrogens (tertiary/aromatic N) is 1. The molecule has 0 unspecified atom stereocenters. The minimum Gasteiger partial charge on any atom is -0.265 e. The summed E-state index contributed by atoms with van der Waals surface area (Å²) in [5.41, 5.74) is 3.70. The second kappa shape index (κ2) is 4.05. The molecule has 69 valence electrons. The molecule has 0 bridgehead atoms. The second-order valence-electron chi connectivity index (χ2n) is 3.15. The molecule has 0 aliphatic heterocycles. The van der Waals surface area contributed by atoms with Crippen molar-refractivity contribution in [2.75, 3.05) is 0 Å². The number of hydrogen-bond acceptors (Lipinski definition) is 1. The molecule has 1 nitrogen and oxygen atoms in total. The van der Waals surface area contributed by atoms with Gasteiger partial charge in [-0.1, -0.05) is 31.2 Å². The first-order valence-electron chi connectivity index (χ1n) is 4.70. The minimum atomic E-state index is 1.21. The lowest BCUT2D eigenvalue weighted by molar-refractivity contribution is 1.33. The van der Waals surface area contributed by atoms with Crippen LogP contribution in [-0.2, 0) is 0 Å². The number of pyridine rings is 1.